The Kier molecular flexibility index (Phi) is 6.86. The van der Waals surface area contributed by atoms with E-state index >= 15 is 0 Å². The van der Waals surface area contributed by atoms with Crippen molar-refractivity contribution in [2.45, 2.75) is 43.4 Å². The Balaban J connectivity index is 1.80. The van der Waals surface area contributed by atoms with Crippen molar-refractivity contribution in [3.05, 3.63) is 46.1 Å². The largest absolute Gasteiger partial charge is 0.380 e. The number of nitrogens with zero attached hydrogens (tertiary/aromatic N) is 2. The summed E-state index contributed by atoms with van der Waals surface area (Å²) in [5, 5.41) is 3.99. The van der Waals surface area contributed by atoms with E-state index in [4.69, 9.17) is 21.3 Å². The molecule has 1 aliphatic carbocycles. The summed E-state index contributed by atoms with van der Waals surface area (Å²) in [6, 6.07) is 8.09. The number of fused-ring (bicyclic) bond motifs is 1. The molecule has 2 heterocycles. The molecule has 160 valence electrons. The van der Waals surface area contributed by atoms with Crippen molar-refractivity contribution in [2.75, 3.05) is 42.8 Å². The minimum atomic E-state index is -0.0651. The molecule has 0 unspecified atom stereocenters. The zero-order valence-corrected chi connectivity index (χ0v) is 19.1. The van der Waals surface area contributed by atoms with Crippen LogP contribution in [0.1, 0.15) is 53.2 Å². The number of amides is 1. The van der Waals surface area contributed by atoms with E-state index in [0.717, 1.165) is 41.1 Å². The fourth-order valence-electron chi connectivity index (χ4n) is 3.98. The van der Waals surface area contributed by atoms with Gasteiger partial charge in [-0.25, -0.2) is 4.98 Å². The van der Waals surface area contributed by atoms with Crippen LogP contribution in [-0.4, -0.2) is 43.5 Å². The molecule has 0 radical (unpaired) electrons. The standard InChI is InChI=1S/C23H28ClN3O2S/c1-15-19-22(26-21(20(15)24)16-6-3-7-16)25-10-13-29-12-5-11-27(23(19)28)17-8-4-9-18(14-17)30-2/h4,8-9,14,16H,3,5-7,10-13H2,1-2H3,(H,25,26). The van der Waals surface area contributed by atoms with E-state index in [0.29, 0.717) is 48.6 Å². The van der Waals surface area contributed by atoms with Crippen LogP contribution < -0.4 is 10.2 Å². The number of halogens is 1. The average molecular weight is 446 g/mol. The van der Waals surface area contributed by atoms with Crippen molar-refractivity contribution >= 4 is 40.8 Å². The molecule has 4 rings (SSSR count). The molecule has 1 aromatic carbocycles. The fourth-order valence-corrected chi connectivity index (χ4v) is 4.72. The van der Waals surface area contributed by atoms with Gasteiger partial charge in [-0.2, -0.15) is 0 Å². The molecule has 2 aromatic rings. The number of pyridine rings is 1. The van der Waals surface area contributed by atoms with E-state index in [9.17, 15) is 4.79 Å². The maximum absolute atomic E-state index is 13.8. The van der Waals surface area contributed by atoms with Gasteiger partial charge in [-0.05, 0) is 56.2 Å². The van der Waals surface area contributed by atoms with Gasteiger partial charge in [0.2, 0.25) is 0 Å². The summed E-state index contributed by atoms with van der Waals surface area (Å²) < 4.78 is 5.75. The molecule has 1 amide bonds. The number of nitrogens with one attached hydrogen (secondary N) is 1. The topological polar surface area (TPSA) is 54.5 Å². The number of thioether (sulfide) groups is 1. The Morgan fingerprint density at radius 2 is 2.10 bits per heavy atom. The molecule has 1 saturated carbocycles. The molecule has 30 heavy (non-hydrogen) atoms. The van der Waals surface area contributed by atoms with Crippen LogP contribution in [0.5, 0.6) is 0 Å². The fraction of sp³-hybridized carbons (Fsp3) is 0.478. The van der Waals surface area contributed by atoms with Crippen molar-refractivity contribution in [2.24, 2.45) is 0 Å². The lowest BCUT2D eigenvalue weighted by Crippen LogP contribution is -2.34. The minimum Gasteiger partial charge on any atom is -0.380 e. The molecular weight excluding hydrogens is 418 g/mol. The number of hydrogen-bond acceptors (Lipinski definition) is 5. The number of aromatic nitrogens is 1. The Labute approximate surface area is 187 Å². The smallest absolute Gasteiger partial charge is 0.262 e. The van der Waals surface area contributed by atoms with Gasteiger partial charge in [0.25, 0.3) is 5.91 Å². The van der Waals surface area contributed by atoms with Crippen LogP contribution in [0.3, 0.4) is 0 Å². The number of rotatable bonds is 3. The van der Waals surface area contributed by atoms with Crippen molar-refractivity contribution in [3.63, 3.8) is 0 Å². The molecule has 1 aromatic heterocycles. The number of anilines is 2. The van der Waals surface area contributed by atoms with E-state index in [-0.39, 0.29) is 5.91 Å². The van der Waals surface area contributed by atoms with Crippen LogP contribution in [0.2, 0.25) is 5.02 Å². The molecule has 0 atom stereocenters. The van der Waals surface area contributed by atoms with E-state index in [1.165, 1.54) is 6.42 Å². The highest BCUT2D eigenvalue weighted by molar-refractivity contribution is 7.98. The van der Waals surface area contributed by atoms with Crippen LogP contribution in [-0.2, 0) is 4.74 Å². The van der Waals surface area contributed by atoms with E-state index in [2.05, 4.69) is 17.4 Å². The third-order valence-corrected chi connectivity index (χ3v) is 7.13. The summed E-state index contributed by atoms with van der Waals surface area (Å²) in [6.07, 6.45) is 6.23. The average Bonchev–Trinajstić information content (AvgIpc) is 2.75. The molecule has 5 nitrogen and oxygen atoms in total. The lowest BCUT2D eigenvalue weighted by atomic mass is 9.82. The highest BCUT2D eigenvalue weighted by Gasteiger charge is 2.30. The maximum atomic E-state index is 13.8. The monoisotopic (exact) mass is 445 g/mol. The first kappa shape index (κ1) is 21.5. The van der Waals surface area contributed by atoms with Crippen LogP contribution in [0.15, 0.2) is 29.2 Å². The molecule has 7 heteroatoms. The zero-order chi connectivity index (χ0) is 21.1. The van der Waals surface area contributed by atoms with E-state index < -0.39 is 0 Å². The minimum absolute atomic E-state index is 0.0651. The van der Waals surface area contributed by atoms with Gasteiger partial charge in [-0.1, -0.05) is 24.1 Å². The maximum Gasteiger partial charge on any atom is 0.262 e. The van der Waals surface area contributed by atoms with Gasteiger partial charge in [0.1, 0.15) is 5.82 Å². The third-order valence-electron chi connectivity index (χ3n) is 5.92. The normalized spacial score (nSPS) is 18.2. The van der Waals surface area contributed by atoms with Crippen molar-refractivity contribution < 1.29 is 9.53 Å². The zero-order valence-electron chi connectivity index (χ0n) is 17.5. The summed E-state index contributed by atoms with van der Waals surface area (Å²) in [5.41, 5.74) is 3.19. The van der Waals surface area contributed by atoms with Gasteiger partial charge in [-0.15, -0.1) is 11.8 Å². The van der Waals surface area contributed by atoms with Gasteiger partial charge in [0.15, 0.2) is 0 Å². The van der Waals surface area contributed by atoms with Crippen molar-refractivity contribution in [1.29, 1.82) is 0 Å². The molecule has 2 aliphatic rings. The summed E-state index contributed by atoms with van der Waals surface area (Å²) in [6.45, 7) is 4.33. The number of carbonyl (C=O) groups excluding carboxylic acids is 1. The molecule has 0 bridgehead atoms. The van der Waals surface area contributed by atoms with Crippen LogP contribution >= 0.6 is 23.4 Å². The van der Waals surface area contributed by atoms with Gasteiger partial charge in [-0.3, -0.25) is 4.79 Å². The second-order valence-corrected chi connectivity index (χ2v) is 9.10. The number of ether oxygens (including phenoxy) is 1. The number of hydrogen-bond donors (Lipinski definition) is 1. The van der Waals surface area contributed by atoms with Gasteiger partial charge >= 0.3 is 0 Å². The molecule has 0 spiro atoms. The first-order valence-corrected chi connectivity index (χ1v) is 12.2. The Morgan fingerprint density at radius 3 is 2.83 bits per heavy atom. The van der Waals surface area contributed by atoms with Gasteiger partial charge in [0, 0.05) is 36.2 Å². The summed E-state index contributed by atoms with van der Waals surface area (Å²) in [7, 11) is 0. The molecule has 1 N–H and O–H groups in total. The van der Waals surface area contributed by atoms with Gasteiger partial charge in [0.05, 0.1) is 22.9 Å². The molecule has 0 saturated heterocycles. The number of carbonyl (C=O) groups is 1. The van der Waals surface area contributed by atoms with Gasteiger partial charge < -0.3 is 15.0 Å². The van der Waals surface area contributed by atoms with Crippen LogP contribution in [0, 0.1) is 6.92 Å². The highest BCUT2D eigenvalue weighted by atomic mass is 35.5. The SMILES string of the molecule is CSc1cccc(N2CCCOCCNc3nc(C4CCC4)c(Cl)c(C)c3C2=O)c1. The van der Waals surface area contributed by atoms with Crippen LogP contribution in [0.4, 0.5) is 11.5 Å². The second-order valence-electron chi connectivity index (χ2n) is 7.84. The molecule has 1 fully saturated rings. The van der Waals surface area contributed by atoms with Crippen LogP contribution in [0.25, 0.3) is 0 Å². The summed E-state index contributed by atoms with van der Waals surface area (Å²) >= 11 is 8.42. The lowest BCUT2D eigenvalue weighted by molar-refractivity contribution is 0.0981. The van der Waals surface area contributed by atoms with Crippen molar-refractivity contribution in [3.8, 4) is 0 Å². The Bertz CT molecular complexity index is 933. The summed E-state index contributed by atoms with van der Waals surface area (Å²) in [4.78, 5) is 21.7. The third kappa shape index (κ3) is 4.32. The molecule has 1 aliphatic heterocycles. The first-order valence-electron chi connectivity index (χ1n) is 10.6. The highest BCUT2D eigenvalue weighted by Crippen LogP contribution is 2.42. The predicted octanol–water partition coefficient (Wildman–Crippen LogP) is 5.51. The lowest BCUT2D eigenvalue weighted by Gasteiger charge is -2.29. The van der Waals surface area contributed by atoms with E-state index in [1.54, 1.807) is 11.8 Å². The Hall–Kier alpha value is -1.76. The first-order chi connectivity index (χ1) is 14.6. The number of benzene rings is 1. The second kappa shape index (κ2) is 9.58. The predicted molar refractivity (Wildman–Crippen MR) is 124 cm³/mol. The summed E-state index contributed by atoms with van der Waals surface area (Å²) in [5.74, 6) is 0.951. The quantitative estimate of drug-likeness (QED) is 0.631. The van der Waals surface area contributed by atoms with Crippen molar-refractivity contribution in [1.82, 2.24) is 4.98 Å². The van der Waals surface area contributed by atoms with E-state index in [1.807, 2.05) is 30.2 Å². The Morgan fingerprint density at radius 1 is 1.27 bits per heavy atom. The molecular formula is C23H28ClN3O2S.